The van der Waals surface area contributed by atoms with Gasteiger partial charge in [0.2, 0.25) is 0 Å². The van der Waals surface area contributed by atoms with Crippen LogP contribution in [-0.2, 0) is 7.05 Å². The Morgan fingerprint density at radius 2 is 2.00 bits per heavy atom. The quantitative estimate of drug-likeness (QED) is 0.549. The van der Waals surface area contributed by atoms with Crippen LogP contribution in [0.5, 0.6) is 0 Å². The normalized spacial score (nSPS) is 11.2. The number of ketones is 1. The molecule has 0 aliphatic heterocycles. The van der Waals surface area contributed by atoms with Crippen LogP contribution in [0.4, 0.5) is 4.39 Å². The van der Waals surface area contributed by atoms with E-state index in [-0.39, 0.29) is 33.4 Å². The fourth-order valence-corrected chi connectivity index (χ4v) is 3.94. The third-order valence-electron chi connectivity index (χ3n) is 4.35. The highest BCUT2D eigenvalue weighted by molar-refractivity contribution is 9.10. The van der Waals surface area contributed by atoms with E-state index in [4.69, 9.17) is 11.6 Å². The van der Waals surface area contributed by atoms with E-state index in [2.05, 4.69) is 15.9 Å². The first kappa shape index (κ1) is 19.3. The third kappa shape index (κ3) is 2.99. The topological polar surface area (TPSA) is 67.8 Å². The van der Waals surface area contributed by atoms with E-state index in [0.717, 1.165) is 12.1 Å². The Labute approximate surface area is 167 Å². The zero-order valence-electron chi connectivity index (χ0n) is 14.7. The van der Waals surface area contributed by atoms with Crippen molar-refractivity contribution in [3.05, 3.63) is 66.8 Å². The van der Waals surface area contributed by atoms with Crippen molar-refractivity contribution in [1.29, 1.82) is 5.26 Å². The molecule has 27 heavy (non-hydrogen) atoms. The third-order valence-corrected chi connectivity index (χ3v) is 5.30. The van der Waals surface area contributed by atoms with Crippen LogP contribution in [0, 0.1) is 17.1 Å². The van der Waals surface area contributed by atoms with Gasteiger partial charge in [-0.05, 0) is 54.0 Å². The number of fused-ring (bicyclic) bond motifs is 1. The highest BCUT2D eigenvalue weighted by Crippen LogP contribution is 2.33. The highest BCUT2D eigenvalue weighted by Gasteiger charge is 2.26. The summed E-state index contributed by atoms with van der Waals surface area (Å²) in [6.07, 6.45) is 0. The van der Waals surface area contributed by atoms with Gasteiger partial charge < -0.3 is 0 Å². The van der Waals surface area contributed by atoms with Crippen molar-refractivity contribution in [3.8, 4) is 6.07 Å². The summed E-state index contributed by atoms with van der Waals surface area (Å²) >= 11 is 9.40. The van der Waals surface area contributed by atoms with Crippen LogP contribution in [0.1, 0.15) is 41.4 Å². The van der Waals surface area contributed by atoms with Crippen molar-refractivity contribution in [2.24, 2.45) is 7.05 Å². The SMILES string of the molecule is CC(C)n1c(=O)n(C)c2c(C#N)c(C(=O)c3cc(F)ccc3Cl)c(Br)cc21. The minimum Gasteiger partial charge on any atom is -0.294 e. The Kier molecular flexibility index (Phi) is 4.98. The molecular weight excluding hydrogens is 437 g/mol. The maximum Gasteiger partial charge on any atom is 0.329 e. The molecule has 3 aromatic rings. The number of aromatic nitrogens is 2. The van der Waals surface area contributed by atoms with Gasteiger partial charge in [-0.3, -0.25) is 13.9 Å². The van der Waals surface area contributed by atoms with Crippen LogP contribution in [0.2, 0.25) is 5.02 Å². The number of imidazole rings is 1. The molecule has 1 heterocycles. The first-order valence-electron chi connectivity index (χ1n) is 8.02. The van der Waals surface area contributed by atoms with Gasteiger partial charge in [0.15, 0.2) is 5.78 Å². The summed E-state index contributed by atoms with van der Waals surface area (Å²) in [4.78, 5) is 25.7. The summed E-state index contributed by atoms with van der Waals surface area (Å²) < 4.78 is 16.8. The second-order valence-electron chi connectivity index (χ2n) is 6.35. The number of aryl methyl sites for hydroxylation is 1. The summed E-state index contributed by atoms with van der Waals surface area (Å²) in [6.45, 7) is 3.71. The van der Waals surface area contributed by atoms with Gasteiger partial charge >= 0.3 is 5.69 Å². The van der Waals surface area contributed by atoms with Gasteiger partial charge in [0.1, 0.15) is 11.9 Å². The first-order chi connectivity index (χ1) is 12.7. The average molecular weight is 451 g/mol. The molecule has 2 aromatic carbocycles. The summed E-state index contributed by atoms with van der Waals surface area (Å²) in [5.41, 5.74) is 0.592. The maximum absolute atomic E-state index is 13.6. The molecule has 1 aromatic heterocycles. The fourth-order valence-electron chi connectivity index (χ4n) is 3.15. The molecule has 0 atom stereocenters. The molecule has 0 bridgehead atoms. The highest BCUT2D eigenvalue weighted by atomic mass is 79.9. The Morgan fingerprint density at radius 3 is 2.59 bits per heavy atom. The van der Waals surface area contributed by atoms with Gasteiger partial charge in [-0.15, -0.1) is 0 Å². The standard InChI is InChI=1S/C19H14BrClFN3O2/c1-9(2)25-15-7-13(20)16(12(8-23)17(15)24(3)19(25)27)18(26)11-6-10(22)4-5-14(11)21/h4-7,9H,1-3H3. The van der Waals surface area contributed by atoms with E-state index >= 15 is 0 Å². The van der Waals surface area contributed by atoms with Crippen molar-refractivity contribution in [2.45, 2.75) is 19.9 Å². The minimum absolute atomic E-state index is 0.0312. The van der Waals surface area contributed by atoms with Crippen molar-refractivity contribution in [1.82, 2.24) is 9.13 Å². The Bertz CT molecular complexity index is 1200. The van der Waals surface area contributed by atoms with Crippen LogP contribution in [0.25, 0.3) is 11.0 Å². The predicted octanol–water partition coefficient (Wildman–Crippen LogP) is 4.58. The molecule has 0 N–H and O–H groups in total. The zero-order valence-corrected chi connectivity index (χ0v) is 17.0. The van der Waals surface area contributed by atoms with Crippen molar-refractivity contribution in [3.63, 3.8) is 0 Å². The summed E-state index contributed by atoms with van der Waals surface area (Å²) in [5.74, 6) is -1.22. The number of hydrogen-bond donors (Lipinski definition) is 0. The van der Waals surface area contributed by atoms with Crippen LogP contribution in [0.3, 0.4) is 0 Å². The van der Waals surface area contributed by atoms with E-state index in [9.17, 15) is 19.2 Å². The number of hydrogen-bond acceptors (Lipinski definition) is 3. The molecule has 0 fully saturated rings. The first-order valence-corrected chi connectivity index (χ1v) is 9.19. The lowest BCUT2D eigenvalue weighted by Crippen LogP contribution is -2.23. The van der Waals surface area contributed by atoms with Gasteiger partial charge in [0.25, 0.3) is 0 Å². The number of nitriles is 1. The number of rotatable bonds is 3. The van der Waals surface area contributed by atoms with Crippen molar-refractivity contribution >= 4 is 44.3 Å². The molecule has 8 heteroatoms. The molecule has 5 nitrogen and oxygen atoms in total. The van der Waals surface area contributed by atoms with Crippen molar-refractivity contribution in [2.75, 3.05) is 0 Å². The number of carbonyl (C=O) groups excluding carboxylic acids is 1. The minimum atomic E-state index is -0.614. The van der Waals surface area contributed by atoms with Crippen LogP contribution in [-0.4, -0.2) is 14.9 Å². The lowest BCUT2D eigenvalue weighted by atomic mass is 9.97. The number of nitrogens with zero attached hydrogens (tertiary/aromatic N) is 3. The Balaban J connectivity index is 2.42. The largest absolute Gasteiger partial charge is 0.329 e. The predicted molar refractivity (Wildman–Crippen MR) is 105 cm³/mol. The van der Waals surface area contributed by atoms with E-state index in [0.29, 0.717) is 15.5 Å². The van der Waals surface area contributed by atoms with Crippen LogP contribution >= 0.6 is 27.5 Å². The number of halogens is 3. The molecule has 138 valence electrons. The number of benzene rings is 2. The second-order valence-corrected chi connectivity index (χ2v) is 7.61. The molecule has 0 saturated heterocycles. The number of carbonyl (C=O) groups is 1. The smallest absolute Gasteiger partial charge is 0.294 e. The summed E-state index contributed by atoms with van der Waals surface area (Å²) in [6, 6.07) is 6.97. The molecule has 0 aliphatic rings. The van der Waals surface area contributed by atoms with Gasteiger partial charge in [-0.25, -0.2) is 9.18 Å². The molecular formula is C19H14BrClFN3O2. The van der Waals surface area contributed by atoms with Gasteiger partial charge in [0.05, 0.1) is 27.2 Å². The Hall–Kier alpha value is -2.43. The summed E-state index contributed by atoms with van der Waals surface area (Å²) in [5, 5.41) is 9.84. The molecule has 0 unspecified atom stereocenters. The molecule has 0 saturated carbocycles. The van der Waals surface area contributed by atoms with E-state index < -0.39 is 11.6 Å². The van der Waals surface area contributed by atoms with Crippen molar-refractivity contribution < 1.29 is 9.18 Å². The zero-order chi connectivity index (χ0) is 20.0. The van der Waals surface area contributed by atoms with E-state index in [1.54, 1.807) is 17.7 Å². The molecule has 0 spiro atoms. The molecule has 0 radical (unpaired) electrons. The fraction of sp³-hybridized carbons (Fsp3) is 0.211. The molecule has 0 aliphatic carbocycles. The van der Waals surface area contributed by atoms with Crippen LogP contribution < -0.4 is 5.69 Å². The second kappa shape index (κ2) is 6.95. The van der Waals surface area contributed by atoms with Gasteiger partial charge in [-0.2, -0.15) is 5.26 Å². The van der Waals surface area contributed by atoms with Gasteiger partial charge in [0, 0.05) is 23.1 Å². The lowest BCUT2D eigenvalue weighted by molar-refractivity contribution is 0.103. The van der Waals surface area contributed by atoms with E-state index in [1.165, 1.54) is 10.6 Å². The molecule has 3 rings (SSSR count). The monoisotopic (exact) mass is 449 g/mol. The summed E-state index contributed by atoms with van der Waals surface area (Å²) in [7, 11) is 1.54. The van der Waals surface area contributed by atoms with E-state index in [1.807, 2.05) is 19.9 Å². The molecule has 0 amide bonds. The maximum atomic E-state index is 13.6. The lowest BCUT2D eigenvalue weighted by Gasteiger charge is -2.11. The Morgan fingerprint density at radius 1 is 1.33 bits per heavy atom. The van der Waals surface area contributed by atoms with Crippen LogP contribution in [0.15, 0.2) is 33.5 Å². The average Bonchev–Trinajstić information content (AvgIpc) is 2.86. The van der Waals surface area contributed by atoms with Gasteiger partial charge in [-0.1, -0.05) is 11.6 Å².